The highest BCUT2D eigenvalue weighted by Crippen LogP contribution is 2.35. The van der Waals surface area contributed by atoms with E-state index in [4.69, 9.17) is 0 Å². The van der Waals surface area contributed by atoms with Gasteiger partial charge in [-0.3, -0.25) is 15.0 Å². The number of aromatic nitrogens is 6. The van der Waals surface area contributed by atoms with Gasteiger partial charge in [0.15, 0.2) is 11.5 Å². The number of fused-ring (bicyclic) bond motifs is 2. The quantitative estimate of drug-likeness (QED) is 0.161. The van der Waals surface area contributed by atoms with Crippen molar-refractivity contribution in [1.82, 2.24) is 39.9 Å². The van der Waals surface area contributed by atoms with Crippen molar-refractivity contribution >= 4 is 27.8 Å². The molecule has 0 bridgehead atoms. The third-order valence-electron chi connectivity index (χ3n) is 8.12. The first-order valence-electron chi connectivity index (χ1n) is 14.9. The molecule has 0 saturated carbocycles. The summed E-state index contributed by atoms with van der Waals surface area (Å²) in [6, 6.07) is 11.4. The number of halogens is 4. The van der Waals surface area contributed by atoms with Crippen LogP contribution in [0.15, 0.2) is 61.1 Å². The molecular formula is C33H31F4N9. The fraction of sp³-hybridized carbons (Fsp3) is 0.273. The largest absolute Gasteiger partial charge is 0.384 e. The van der Waals surface area contributed by atoms with Gasteiger partial charge in [0.2, 0.25) is 0 Å². The minimum absolute atomic E-state index is 0.176. The summed E-state index contributed by atoms with van der Waals surface area (Å²) in [6.07, 6.45) is 4.60. The number of aromatic amines is 2. The van der Waals surface area contributed by atoms with E-state index in [1.807, 2.05) is 25.1 Å². The molecule has 1 fully saturated rings. The molecule has 236 valence electrons. The van der Waals surface area contributed by atoms with Gasteiger partial charge in [-0.05, 0) is 61.6 Å². The number of nitrogens with one attached hydrogen (secondary N) is 3. The molecule has 1 aliphatic rings. The normalized spacial score (nSPS) is 15.0. The van der Waals surface area contributed by atoms with Crippen LogP contribution in [-0.2, 0) is 6.54 Å². The summed E-state index contributed by atoms with van der Waals surface area (Å²) in [5.74, 6) is -3.15. The first-order chi connectivity index (χ1) is 22.1. The first-order valence-corrected chi connectivity index (χ1v) is 14.9. The SMILES string of the molecule is CN(C)CCNc1cc(F)cc(-c2ccnc3nc(-c4n[nH]c5cc(F)c(-c6cncc(CN7CCC(F)(F)C7)c6)cc45)[nH]c23)c1. The molecular weight excluding hydrogens is 598 g/mol. The van der Waals surface area contributed by atoms with Crippen molar-refractivity contribution in [2.24, 2.45) is 0 Å². The number of hydrogen-bond donors (Lipinski definition) is 3. The zero-order chi connectivity index (χ0) is 32.0. The van der Waals surface area contributed by atoms with E-state index in [1.165, 1.54) is 18.2 Å². The molecule has 5 heterocycles. The number of likely N-dealkylation sites (tertiary alicyclic amines) is 1. The van der Waals surface area contributed by atoms with Crippen molar-refractivity contribution in [1.29, 1.82) is 0 Å². The average Bonchev–Trinajstić information content (AvgIpc) is 3.72. The Morgan fingerprint density at radius 2 is 1.89 bits per heavy atom. The highest BCUT2D eigenvalue weighted by Gasteiger charge is 2.38. The fourth-order valence-electron chi connectivity index (χ4n) is 5.90. The van der Waals surface area contributed by atoms with Crippen LogP contribution in [0.25, 0.3) is 55.8 Å². The molecule has 4 aromatic heterocycles. The average molecular weight is 630 g/mol. The van der Waals surface area contributed by atoms with Crippen molar-refractivity contribution in [2.75, 3.05) is 45.6 Å². The predicted octanol–water partition coefficient (Wildman–Crippen LogP) is 6.32. The number of alkyl halides is 2. The van der Waals surface area contributed by atoms with E-state index >= 15 is 4.39 Å². The van der Waals surface area contributed by atoms with Crippen LogP contribution in [-0.4, -0.2) is 86.1 Å². The smallest absolute Gasteiger partial charge is 0.261 e. The van der Waals surface area contributed by atoms with Crippen molar-refractivity contribution in [3.63, 3.8) is 0 Å². The second-order valence-electron chi connectivity index (χ2n) is 11.9. The molecule has 13 heteroatoms. The lowest BCUT2D eigenvalue weighted by Gasteiger charge is -2.16. The fourth-order valence-corrected chi connectivity index (χ4v) is 5.90. The van der Waals surface area contributed by atoms with Crippen molar-refractivity contribution in [3.05, 3.63) is 78.3 Å². The van der Waals surface area contributed by atoms with E-state index in [1.54, 1.807) is 41.7 Å². The van der Waals surface area contributed by atoms with Gasteiger partial charge in [0.05, 0.1) is 17.6 Å². The zero-order valence-electron chi connectivity index (χ0n) is 25.2. The number of nitrogens with zero attached hydrogens (tertiary/aromatic N) is 6. The molecule has 9 nitrogen and oxygen atoms in total. The van der Waals surface area contributed by atoms with E-state index in [0.29, 0.717) is 80.2 Å². The Balaban J connectivity index is 1.22. The van der Waals surface area contributed by atoms with Crippen LogP contribution in [0.4, 0.5) is 23.2 Å². The van der Waals surface area contributed by atoms with Gasteiger partial charge in [-0.15, -0.1) is 0 Å². The summed E-state index contributed by atoms with van der Waals surface area (Å²) in [5.41, 5.74) is 5.48. The van der Waals surface area contributed by atoms with Gasteiger partial charge in [0.1, 0.15) is 17.3 Å². The summed E-state index contributed by atoms with van der Waals surface area (Å²) in [5, 5.41) is 11.2. The maximum atomic E-state index is 15.4. The molecule has 6 aromatic rings. The Hall–Kier alpha value is -4.88. The van der Waals surface area contributed by atoms with Crippen molar-refractivity contribution in [2.45, 2.75) is 18.9 Å². The van der Waals surface area contributed by atoms with Crippen LogP contribution >= 0.6 is 0 Å². The van der Waals surface area contributed by atoms with Crippen LogP contribution in [0, 0.1) is 11.6 Å². The van der Waals surface area contributed by atoms with Crippen molar-refractivity contribution < 1.29 is 17.6 Å². The topological polar surface area (TPSA) is 102 Å². The summed E-state index contributed by atoms with van der Waals surface area (Å²) >= 11 is 0. The molecule has 0 spiro atoms. The third kappa shape index (κ3) is 6.03. The van der Waals surface area contributed by atoms with Crippen LogP contribution in [0.2, 0.25) is 0 Å². The number of likely N-dealkylation sites (N-methyl/N-ethyl adjacent to an activating group) is 1. The Kier molecular flexibility index (Phi) is 7.65. The summed E-state index contributed by atoms with van der Waals surface area (Å²) in [6.45, 7) is 1.73. The Morgan fingerprint density at radius 1 is 1.02 bits per heavy atom. The molecule has 2 aromatic carbocycles. The van der Waals surface area contributed by atoms with E-state index < -0.39 is 11.7 Å². The molecule has 1 aliphatic heterocycles. The van der Waals surface area contributed by atoms with Crippen LogP contribution in [0.3, 0.4) is 0 Å². The maximum absolute atomic E-state index is 15.4. The third-order valence-corrected chi connectivity index (χ3v) is 8.12. The Bertz CT molecular complexity index is 2050. The highest BCUT2D eigenvalue weighted by atomic mass is 19.3. The Labute approximate surface area is 261 Å². The molecule has 0 unspecified atom stereocenters. The molecule has 0 atom stereocenters. The van der Waals surface area contributed by atoms with Gasteiger partial charge < -0.3 is 15.2 Å². The predicted molar refractivity (Wildman–Crippen MR) is 169 cm³/mol. The summed E-state index contributed by atoms with van der Waals surface area (Å²) < 4.78 is 57.5. The number of imidazole rings is 1. The van der Waals surface area contributed by atoms with Gasteiger partial charge in [-0.25, -0.2) is 27.5 Å². The molecule has 0 amide bonds. The molecule has 0 radical (unpaired) electrons. The van der Waals surface area contributed by atoms with Crippen LogP contribution < -0.4 is 5.32 Å². The van der Waals surface area contributed by atoms with Crippen LogP contribution in [0.1, 0.15) is 12.0 Å². The first kappa shape index (κ1) is 29.8. The van der Waals surface area contributed by atoms with Crippen molar-refractivity contribution in [3.8, 4) is 33.8 Å². The van der Waals surface area contributed by atoms with E-state index in [-0.39, 0.29) is 25.3 Å². The van der Waals surface area contributed by atoms with E-state index in [2.05, 4.69) is 35.5 Å². The molecule has 7 rings (SSSR count). The number of rotatable bonds is 9. The van der Waals surface area contributed by atoms with Gasteiger partial charge in [0.25, 0.3) is 5.92 Å². The molecule has 1 saturated heterocycles. The lowest BCUT2D eigenvalue weighted by molar-refractivity contribution is 0.0115. The van der Waals surface area contributed by atoms with E-state index in [0.717, 1.165) is 6.54 Å². The Morgan fingerprint density at radius 3 is 2.70 bits per heavy atom. The number of H-pyrrole nitrogens is 2. The number of pyridine rings is 2. The lowest BCUT2D eigenvalue weighted by Crippen LogP contribution is -2.24. The van der Waals surface area contributed by atoms with Gasteiger partial charge in [-0.2, -0.15) is 5.10 Å². The summed E-state index contributed by atoms with van der Waals surface area (Å²) in [7, 11) is 3.95. The summed E-state index contributed by atoms with van der Waals surface area (Å²) in [4.78, 5) is 20.4. The molecule has 0 aliphatic carbocycles. The second-order valence-corrected chi connectivity index (χ2v) is 11.9. The van der Waals surface area contributed by atoms with Gasteiger partial charge in [0, 0.05) is 85.0 Å². The van der Waals surface area contributed by atoms with Gasteiger partial charge >= 0.3 is 0 Å². The van der Waals surface area contributed by atoms with Gasteiger partial charge in [-0.1, -0.05) is 0 Å². The van der Waals surface area contributed by atoms with Crippen LogP contribution in [0.5, 0.6) is 0 Å². The standard InChI is InChI=1S/C33H31F4N9/c1-45(2)8-6-39-23-11-20(10-22(34)12-23)24-3-5-40-31-29(24)41-32(42-31)30-26-13-25(27(35)14-28(26)43-44-30)21-9-19(15-38-16-21)17-46-7-4-33(36,37)18-46/h3,5,9-16,39H,4,6-8,17-18H2,1-2H3,(H,43,44)(H,40,41,42). The minimum atomic E-state index is -2.70. The monoisotopic (exact) mass is 629 g/mol. The molecule has 46 heavy (non-hydrogen) atoms. The lowest BCUT2D eigenvalue weighted by atomic mass is 10.0. The minimum Gasteiger partial charge on any atom is -0.384 e. The second kappa shape index (κ2) is 11.8. The number of hydrogen-bond acceptors (Lipinski definition) is 7. The highest BCUT2D eigenvalue weighted by molar-refractivity contribution is 5.97. The number of anilines is 1. The zero-order valence-corrected chi connectivity index (χ0v) is 25.2. The molecule has 3 N–H and O–H groups in total. The maximum Gasteiger partial charge on any atom is 0.261 e. The van der Waals surface area contributed by atoms with E-state index in [9.17, 15) is 13.2 Å². The number of benzene rings is 2.